The summed E-state index contributed by atoms with van der Waals surface area (Å²) in [6, 6.07) is 10.5. The van der Waals surface area contributed by atoms with Gasteiger partial charge in [0.15, 0.2) is 0 Å². The fourth-order valence-electron chi connectivity index (χ4n) is 5.41. The summed E-state index contributed by atoms with van der Waals surface area (Å²) in [4.78, 5) is 51.6. The first kappa shape index (κ1) is 32.3. The van der Waals surface area contributed by atoms with Crippen LogP contribution in [0, 0.1) is 34.6 Å². The van der Waals surface area contributed by atoms with E-state index in [2.05, 4.69) is 30.0 Å². The molecule has 13 heteroatoms. The minimum absolute atomic E-state index is 0.0293. The van der Waals surface area contributed by atoms with Crippen LogP contribution in [0.1, 0.15) is 39.2 Å². The van der Waals surface area contributed by atoms with Gasteiger partial charge in [0.2, 0.25) is 16.0 Å². The quantitative estimate of drug-likeness (QED) is 0.151. The topological polar surface area (TPSA) is 187 Å². The highest BCUT2D eigenvalue weighted by Gasteiger charge is 2.30. The van der Waals surface area contributed by atoms with Crippen molar-refractivity contribution >= 4 is 49.8 Å². The van der Waals surface area contributed by atoms with Gasteiger partial charge in [0.1, 0.15) is 11.9 Å². The van der Waals surface area contributed by atoms with E-state index in [4.69, 9.17) is 0 Å². The SMILES string of the molecule is Cc1c(C)c(C)c(S(=O)(=O)N[C@@H](Cc2nc3ccc(/C=C/CNc4nc5ccccc5c(=O)[nH]4)cc3c(=O)[nH]2)C(=O)O)c(C)c1C. The van der Waals surface area contributed by atoms with E-state index in [9.17, 15) is 27.9 Å². The lowest BCUT2D eigenvalue weighted by Crippen LogP contribution is -2.43. The van der Waals surface area contributed by atoms with Gasteiger partial charge in [0.05, 0.1) is 26.7 Å². The number of carbonyl (C=O) groups is 1. The Bertz CT molecular complexity index is 2240. The standard InChI is InChI=1S/C33H34N6O6S/c1-17-18(2)20(4)29(21(5)19(17)3)46(44,45)39-27(32(42)43)16-28-35-26-13-12-22(15-24(26)31(41)37-28)9-8-14-34-33-36-25-11-7-6-10-23(25)30(40)38-33/h6-13,15,27,39H,14,16H2,1-5H3,(H,42,43)(H,35,37,41)(H2,34,36,38,40)/b9-8+/t27-/m0/s1. The number of hydrogen-bond donors (Lipinski definition) is 5. The van der Waals surface area contributed by atoms with Gasteiger partial charge in [-0.25, -0.2) is 18.4 Å². The van der Waals surface area contributed by atoms with Gasteiger partial charge in [0, 0.05) is 13.0 Å². The zero-order valence-corrected chi connectivity index (χ0v) is 26.8. The van der Waals surface area contributed by atoms with Crippen molar-refractivity contribution in [2.24, 2.45) is 0 Å². The number of H-pyrrole nitrogens is 2. The zero-order valence-electron chi connectivity index (χ0n) is 26.0. The summed E-state index contributed by atoms with van der Waals surface area (Å²) < 4.78 is 29.3. The van der Waals surface area contributed by atoms with Crippen molar-refractivity contribution in [2.75, 3.05) is 11.9 Å². The van der Waals surface area contributed by atoms with Crippen molar-refractivity contribution in [2.45, 2.75) is 52.0 Å². The molecule has 0 saturated heterocycles. The molecule has 2 heterocycles. The van der Waals surface area contributed by atoms with Crippen LogP contribution in [0.2, 0.25) is 0 Å². The molecule has 46 heavy (non-hydrogen) atoms. The van der Waals surface area contributed by atoms with Crippen LogP contribution in [-0.4, -0.2) is 52.0 Å². The average Bonchev–Trinajstić information content (AvgIpc) is 3.01. The van der Waals surface area contributed by atoms with Crippen LogP contribution in [0.5, 0.6) is 0 Å². The Balaban J connectivity index is 1.32. The first-order valence-electron chi connectivity index (χ1n) is 14.5. The summed E-state index contributed by atoms with van der Waals surface area (Å²) in [7, 11) is -4.23. The summed E-state index contributed by atoms with van der Waals surface area (Å²) in [5.41, 5.74) is 4.60. The Morgan fingerprint density at radius 2 is 1.50 bits per heavy atom. The van der Waals surface area contributed by atoms with Gasteiger partial charge in [-0.3, -0.25) is 19.4 Å². The van der Waals surface area contributed by atoms with E-state index in [1.54, 1.807) is 68.5 Å². The number of fused-ring (bicyclic) bond motifs is 2. The molecule has 0 aliphatic carbocycles. The normalized spacial score (nSPS) is 12.6. The van der Waals surface area contributed by atoms with E-state index >= 15 is 0 Å². The molecule has 0 spiro atoms. The number of sulfonamides is 1. The lowest BCUT2D eigenvalue weighted by molar-refractivity contribution is -0.139. The lowest BCUT2D eigenvalue weighted by Gasteiger charge is -2.21. The molecule has 0 aliphatic rings. The van der Waals surface area contributed by atoms with Crippen LogP contribution in [0.15, 0.2) is 63.0 Å². The molecule has 0 bridgehead atoms. The van der Waals surface area contributed by atoms with Crippen molar-refractivity contribution in [1.29, 1.82) is 0 Å². The third-order valence-corrected chi connectivity index (χ3v) is 10.0. The van der Waals surface area contributed by atoms with E-state index in [0.29, 0.717) is 45.6 Å². The highest BCUT2D eigenvalue weighted by Crippen LogP contribution is 2.29. The van der Waals surface area contributed by atoms with Crippen molar-refractivity contribution in [3.8, 4) is 0 Å². The number of nitrogens with one attached hydrogen (secondary N) is 4. The van der Waals surface area contributed by atoms with E-state index in [1.807, 2.05) is 20.8 Å². The van der Waals surface area contributed by atoms with Crippen LogP contribution in [0.25, 0.3) is 27.9 Å². The number of aromatic nitrogens is 4. The number of carboxylic acid groups (broad SMARTS) is 1. The van der Waals surface area contributed by atoms with E-state index in [1.165, 1.54) is 0 Å². The maximum Gasteiger partial charge on any atom is 0.322 e. The van der Waals surface area contributed by atoms with Crippen LogP contribution >= 0.6 is 0 Å². The molecule has 0 amide bonds. The molecule has 0 radical (unpaired) electrons. The fraction of sp³-hybridized carbons (Fsp3) is 0.242. The number of anilines is 1. The second kappa shape index (κ2) is 12.7. The molecule has 0 aliphatic heterocycles. The largest absolute Gasteiger partial charge is 0.480 e. The van der Waals surface area contributed by atoms with Gasteiger partial charge in [-0.1, -0.05) is 30.4 Å². The summed E-state index contributed by atoms with van der Waals surface area (Å²) >= 11 is 0. The van der Waals surface area contributed by atoms with Crippen LogP contribution in [-0.2, 0) is 21.2 Å². The highest BCUT2D eigenvalue weighted by atomic mass is 32.2. The maximum absolute atomic E-state index is 13.5. The van der Waals surface area contributed by atoms with Crippen molar-refractivity contribution in [1.82, 2.24) is 24.7 Å². The number of nitrogens with zero attached hydrogens (tertiary/aromatic N) is 2. The molecule has 5 rings (SSSR count). The maximum atomic E-state index is 13.5. The fourth-order valence-corrected chi connectivity index (χ4v) is 7.20. The number of hydrogen-bond acceptors (Lipinski definition) is 8. The van der Waals surface area contributed by atoms with Gasteiger partial charge in [0.25, 0.3) is 11.1 Å². The number of aromatic amines is 2. The summed E-state index contributed by atoms with van der Waals surface area (Å²) in [6.07, 6.45) is 3.21. The number of para-hydroxylation sites is 1. The Morgan fingerprint density at radius 1 is 0.870 bits per heavy atom. The Kier molecular flexibility index (Phi) is 8.90. The van der Waals surface area contributed by atoms with Crippen LogP contribution in [0.4, 0.5) is 5.95 Å². The van der Waals surface area contributed by atoms with Crippen LogP contribution in [0.3, 0.4) is 0 Å². The van der Waals surface area contributed by atoms with Gasteiger partial charge in [-0.05, 0) is 92.3 Å². The monoisotopic (exact) mass is 642 g/mol. The first-order valence-corrected chi connectivity index (χ1v) is 16.0. The van der Waals surface area contributed by atoms with E-state index < -0.39 is 27.6 Å². The first-order chi connectivity index (χ1) is 21.8. The predicted molar refractivity (Wildman–Crippen MR) is 178 cm³/mol. The van der Waals surface area contributed by atoms with Gasteiger partial charge < -0.3 is 15.4 Å². The molecule has 238 valence electrons. The number of benzene rings is 3. The number of carboxylic acids is 1. The molecule has 0 saturated carbocycles. The molecular formula is C33H34N6O6S. The molecule has 5 N–H and O–H groups in total. The molecule has 2 aromatic heterocycles. The van der Waals surface area contributed by atoms with Crippen LogP contribution < -0.4 is 21.2 Å². The lowest BCUT2D eigenvalue weighted by atomic mass is 9.95. The molecule has 5 aromatic rings. The highest BCUT2D eigenvalue weighted by molar-refractivity contribution is 7.89. The van der Waals surface area contributed by atoms with Gasteiger partial charge in [-0.15, -0.1) is 0 Å². The summed E-state index contributed by atoms with van der Waals surface area (Å²) in [6.45, 7) is 9.33. The molecule has 0 fully saturated rings. The molecule has 0 unspecified atom stereocenters. The summed E-state index contributed by atoms with van der Waals surface area (Å²) in [5.74, 6) is -1.04. The van der Waals surface area contributed by atoms with E-state index in [0.717, 1.165) is 16.7 Å². The van der Waals surface area contributed by atoms with Crippen molar-refractivity contribution in [3.05, 3.63) is 108 Å². The smallest absolute Gasteiger partial charge is 0.322 e. The Hall–Kier alpha value is -5.14. The van der Waals surface area contributed by atoms with Gasteiger partial charge in [-0.2, -0.15) is 4.72 Å². The summed E-state index contributed by atoms with van der Waals surface area (Å²) in [5, 5.41) is 13.7. The minimum Gasteiger partial charge on any atom is -0.480 e. The molecular weight excluding hydrogens is 608 g/mol. The number of rotatable bonds is 10. The van der Waals surface area contributed by atoms with Gasteiger partial charge >= 0.3 is 5.97 Å². The second-order valence-corrected chi connectivity index (χ2v) is 12.8. The van der Waals surface area contributed by atoms with Crippen molar-refractivity contribution < 1.29 is 18.3 Å². The third kappa shape index (κ3) is 6.46. The second-order valence-electron chi connectivity index (χ2n) is 11.2. The molecule has 12 nitrogen and oxygen atoms in total. The van der Waals surface area contributed by atoms with Crippen molar-refractivity contribution in [3.63, 3.8) is 0 Å². The minimum atomic E-state index is -4.23. The predicted octanol–water partition coefficient (Wildman–Crippen LogP) is 3.80. The Labute approximate surface area is 264 Å². The third-order valence-electron chi connectivity index (χ3n) is 8.28. The molecule has 3 aromatic carbocycles. The molecule has 1 atom stereocenters. The van der Waals surface area contributed by atoms with E-state index in [-0.39, 0.29) is 28.1 Å². The number of aliphatic carboxylic acids is 1. The Morgan fingerprint density at radius 3 is 2.20 bits per heavy atom. The zero-order chi connectivity index (χ0) is 33.3. The average molecular weight is 643 g/mol.